The number of carbonyl (C=O) groups excluding carboxylic acids is 3. The summed E-state index contributed by atoms with van der Waals surface area (Å²) in [6.45, 7) is 11.4. The van der Waals surface area contributed by atoms with Crippen molar-refractivity contribution in [1.29, 1.82) is 0 Å². The smallest absolute Gasteiger partial charge is 0.425 e. The minimum absolute atomic E-state index is 0.00304. The average Bonchev–Trinajstić information content (AvgIpc) is 3.09. The summed E-state index contributed by atoms with van der Waals surface area (Å²) in [6.07, 6.45) is -2.84. The Morgan fingerprint density at radius 2 is 1.80 bits per heavy atom. The van der Waals surface area contributed by atoms with Gasteiger partial charge in [0.05, 0.1) is 22.9 Å². The van der Waals surface area contributed by atoms with E-state index >= 15 is 4.39 Å². The normalized spacial score (nSPS) is 16.8. The number of carbonyl (C=O) groups is 4. The van der Waals surface area contributed by atoms with Gasteiger partial charge in [0.2, 0.25) is 5.91 Å². The van der Waals surface area contributed by atoms with E-state index in [0.29, 0.717) is 10.5 Å². The van der Waals surface area contributed by atoms with Crippen molar-refractivity contribution in [3.63, 3.8) is 0 Å². The number of benzene rings is 3. The standard InChI is InChI=1S/C39H44FN5O9S/c1-21(2)55(51,52)32-14-11-26-16-25(32)19-44(8)35(46)33(24-9-12-28(22(3)15-24)23(4)20-53-36(47)43-26)42-27-10-13-29-30(17-27)31(40)18-41-34(29)45(37(48)49)38(50)54-39(5,6)7/h9-18,21,23,33,42H,19-20H2,1-8H3,(H,43,47)(H,48,49)/t23-,33+/m0/s1. The lowest BCUT2D eigenvalue weighted by molar-refractivity contribution is -0.131. The van der Waals surface area contributed by atoms with Crippen LogP contribution in [0.5, 0.6) is 0 Å². The van der Waals surface area contributed by atoms with E-state index in [4.69, 9.17) is 9.47 Å². The molecule has 3 heterocycles. The van der Waals surface area contributed by atoms with Crippen LogP contribution in [0, 0.1) is 12.7 Å². The zero-order chi connectivity index (χ0) is 40.6. The zero-order valence-corrected chi connectivity index (χ0v) is 32.6. The molecular weight excluding hydrogens is 734 g/mol. The number of pyridine rings is 1. The maximum absolute atomic E-state index is 15.4. The SMILES string of the molecule is Cc1cc2ccc1[C@@H](C)COC(=O)Nc1ccc(S(=O)(=O)C(C)C)c(c1)CN(C)C(=O)[C@@H]2Nc1ccc2c(N(C(=O)O)C(=O)OC(C)(C)C)ncc(F)c2c1. The van der Waals surface area contributed by atoms with Crippen molar-refractivity contribution in [3.8, 4) is 0 Å². The molecule has 292 valence electrons. The number of ether oxygens (including phenoxy) is 2. The number of halogens is 1. The fourth-order valence-electron chi connectivity index (χ4n) is 6.22. The first-order valence-corrected chi connectivity index (χ1v) is 19.0. The Kier molecular flexibility index (Phi) is 11.4. The number of hydrogen-bond acceptors (Lipinski definition) is 10. The second-order valence-corrected chi connectivity index (χ2v) is 17.2. The van der Waals surface area contributed by atoms with Crippen molar-refractivity contribution in [2.24, 2.45) is 0 Å². The highest BCUT2D eigenvalue weighted by Crippen LogP contribution is 2.34. The molecule has 16 heteroatoms. The minimum Gasteiger partial charge on any atom is -0.464 e. The number of nitrogens with zero attached hydrogens (tertiary/aromatic N) is 3. The number of imide groups is 1. The Hall–Kier alpha value is -5.77. The summed E-state index contributed by atoms with van der Waals surface area (Å²) < 4.78 is 53.1. The van der Waals surface area contributed by atoms with Crippen molar-refractivity contribution in [2.75, 3.05) is 29.2 Å². The molecule has 6 rings (SSSR count). The lowest BCUT2D eigenvalue weighted by Crippen LogP contribution is -2.40. The third kappa shape index (κ3) is 8.80. The van der Waals surface area contributed by atoms with Gasteiger partial charge in [-0.15, -0.1) is 0 Å². The topological polar surface area (TPSA) is 185 Å². The van der Waals surface area contributed by atoms with Crippen LogP contribution in [0.25, 0.3) is 10.8 Å². The van der Waals surface area contributed by atoms with Crippen LogP contribution >= 0.6 is 0 Å². The number of likely N-dealkylation sites (N-methyl/N-ethyl adjacent to an activating group) is 1. The number of aryl methyl sites for hydroxylation is 1. The monoisotopic (exact) mass is 777 g/mol. The van der Waals surface area contributed by atoms with Crippen molar-refractivity contribution in [2.45, 2.75) is 82.7 Å². The fourth-order valence-corrected chi connectivity index (χ4v) is 7.48. The van der Waals surface area contributed by atoms with Crippen LogP contribution in [0.1, 0.15) is 75.8 Å². The molecule has 4 aromatic rings. The average molecular weight is 778 g/mol. The van der Waals surface area contributed by atoms with Crippen LogP contribution in [0.2, 0.25) is 0 Å². The molecule has 4 bridgehead atoms. The molecule has 0 aliphatic carbocycles. The number of carboxylic acid groups (broad SMARTS) is 1. The van der Waals surface area contributed by atoms with Gasteiger partial charge in [0.25, 0.3) is 0 Å². The molecule has 1 aromatic heterocycles. The van der Waals surface area contributed by atoms with E-state index in [2.05, 4.69) is 15.6 Å². The van der Waals surface area contributed by atoms with Gasteiger partial charge >= 0.3 is 18.3 Å². The Morgan fingerprint density at radius 1 is 1.09 bits per heavy atom. The van der Waals surface area contributed by atoms with Crippen LogP contribution in [0.15, 0.2) is 65.7 Å². The van der Waals surface area contributed by atoms with Crippen LogP contribution < -0.4 is 15.5 Å². The summed E-state index contributed by atoms with van der Waals surface area (Å²) in [7, 11) is -2.31. The summed E-state index contributed by atoms with van der Waals surface area (Å²) in [6, 6.07) is 12.9. The Morgan fingerprint density at radius 3 is 2.44 bits per heavy atom. The molecule has 3 N–H and O–H groups in total. The number of sulfone groups is 1. The van der Waals surface area contributed by atoms with Gasteiger partial charge in [-0.1, -0.05) is 25.1 Å². The minimum atomic E-state index is -3.82. The molecular formula is C39H44FN5O9S. The van der Waals surface area contributed by atoms with Gasteiger partial charge in [-0.05, 0) is 100 Å². The molecule has 2 aliphatic heterocycles. The summed E-state index contributed by atoms with van der Waals surface area (Å²) in [5.74, 6) is -1.90. The third-order valence-electron chi connectivity index (χ3n) is 9.00. The molecule has 0 spiro atoms. The van der Waals surface area contributed by atoms with Crippen molar-refractivity contribution >= 4 is 62.0 Å². The van der Waals surface area contributed by atoms with Crippen LogP contribution in [-0.2, 0) is 30.7 Å². The van der Waals surface area contributed by atoms with Crippen molar-refractivity contribution in [3.05, 3.63) is 88.9 Å². The summed E-state index contributed by atoms with van der Waals surface area (Å²) >= 11 is 0. The maximum atomic E-state index is 15.4. The largest absolute Gasteiger partial charge is 0.464 e. The highest BCUT2D eigenvalue weighted by Gasteiger charge is 2.33. The van der Waals surface area contributed by atoms with E-state index < -0.39 is 56.7 Å². The molecule has 3 aromatic carbocycles. The van der Waals surface area contributed by atoms with Crippen LogP contribution in [0.3, 0.4) is 0 Å². The van der Waals surface area contributed by atoms with Crippen LogP contribution in [0.4, 0.5) is 36.0 Å². The zero-order valence-electron chi connectivity index (χ0n) is 31.8. The number of aromatic nitrogens is 1. The molecule has 2 aliphatic rings. The van der Waals surface area contributed by atoms with Gasteiger partial charge in [0.15, 0.2) is 15.7 Å². The number of hydrogen-bond donors (Lipinski definition) is 3. The molecule has 0 radical (unpaired) electrons. The molecule has 55 heavy (non-hydrogen) atoms. The Bertz CT molecular complexity index is 2290. The van der Waals surface area contributed by atoms with Crippen LogP contribution in [-0.4, -0.2) is 72.1 Å². The molecule has 0 saturated heterocycles. The quantitative estimate of drug-likeness (QED) is 0.180. The fraction of sp³-hybridized carbons (Fsp3) is 0.359. The van der Waals surface area contributed by atoms with E-state index in [0.717, 1.165) is 17.3 Å². The first kappa shape index (κ1) is 40.4. The number of anilines is 3. The first-order valence-electron chi connectivity index (χ1n) is 17.4. The van der Waals surface area contributed by atoms with Crippen molar-refractivity contribution < 1.29 is 46.6 Å². The highest BCUT2D eigenvalue weighted by atomic mass is 32.2. The second-order valence-electron chi connectivity index (χ2n) is 14.7. The van der Waals surface area contributed by atoms with E-state index in [-0.39, 0.29) is 57.5 Å². The van der Waals surface area contributed by atoms with E-state index in [9.17, 15) is 32.7 Å². The van der Waals surface area contributed by atoms with E-state index in [1.807, 2.05) is 26.0 Å². The summed E-state index contributed by atoms with van der Waals surface area (Å²) in [5, 5.41) is 14.9. The predicted molar refractivity (Wildman–Crippen MR) is 205 cm³/mol. The molecule has 0 fully saturated rings. The van der Waals surface area contributed by atoms with Crippen molar-refractivity contribution in [1.82, 2.24) is 9.88 Å². The van der Waals surface area contributed by atoms with Gasteiger partial charge in [0, 0.05) is 41.7 Å². The van der Waals surface area contributed by atoms with E-state index in [1.165, 1.54) is 48.3 Å². The summed E-state index contributed by atoms with van der Waals surface area (Å²) in [4.78, 5) is 58.0. The second kappa shape index (κ2) is 15.5. The number of rotatable bonds is 5. The molecule has 4 amide bonds. The molecule has 0 saturated carbocycles. The Labute approximate surface area is 318 Å². The van der Waals surface area contributed by atoms with Gasteiger partial charge < -0.3 is 24.8 Å². The maximum Gasteiger partial charge on any atom is 0.425 e. The summed E-state index contributed by atoms with van der Waals surface area (Å²) in [5.41, 5.74) is 1.96. The van der Waals surface area contributed by atoms with Gasteiger partial charge in [-0.25, -0.2) is 32.2 Å². The first-order chi connectivity index (χ1) is 25.7. The lowest BCUT2D eigenvalue weighted by Gasteiger charge is -2.28. The molecule has 2 atom stereocenters. The lowest BCUT2D eigenvalue weighted by atomic mass is 9.93. The number of amides is 4. The predicted octanol–water partition coefficient (Wildman–Crippen LogP) is 7.76. The van der Waals surface area contributed by atoms with Gasteiger partial charge in [0.1, 0.15) is 17.5 Å². The third-order valence-corrected chi connectivity index (χ3v) is 11.2. The van der Waals surface area contributed by atoms with E-state index in [1.54, 1.807) is 40.7 Å². The number of nitrogens with one attached hydrogen (secondary N) is 2. The van der Waals surface area contributed by atoms with Gasteiger partial charge in [-0.2, -0.15) is 4.90 Å². The highest BCUT2D eigenvalue weighted by molar-refractivity contribution is 7.92. The number of fused-ring (bicyclic) bond motifs is 10. The Balaban J connectivity index is 1.61. The molecule has 14 nitrogen and oxygen atoms in total. The molecule has 0 unspecified atom stereocenters. The van der Waals surface area contributed by atoms with Gasteiger partial charge in [-0.3, -0.25) is 10.1 Å².